The van der Waals surface area contributed by atoms with Gasteiger partial charge in [-0.25, -0.2) is 4.98 Å². The number of carbonyl (C=O) groups is 1. The Balaban J connectivity index is 1.42. The van der Waals surface area contributed by atoms with Crippen LogP contribution in [-0.2, 0) is 16.4 Å². The van der Waals surface area contributed by atoms with E-state index in [1.54, 1.807) is 17.0 Å². The summed E-state index contributed by atoms with van der Waals surface area (Å²) in [5, 5.41) is 0.625. The first kappa shape index (κ1) is 20.0. The number of carbonyl (C=O) groups excluding carboxylic acids is 1. The molecule has 0 unspecified atom stereocenters. The van der Waals surface area contributed by atoms with Gasteiger partial charge in [-0.2, -0.15) is 13.2 Å². The summed E-state index contributed by atoms with van der Waals surface area (Å²) in [5.74, 6) is -0.0284. The maximum absolute atomic E-state index is 13.3. The predicted octanol–water partition coefficient (Wildman–Crippen LogP) is 4.86. The molecule has 0 radical (unpaired) electrons. The van der Waals surface area contributed by atoms with Gasteiger partial charge in [0, 0.05) is 17.3 Å². The zero-order valence-electron chi connectivity index (χ0n) is 15.6. The smallest absolute Gasteiger partial charge is 0.416 e. The van der Waals surface area contributed by atoms with Crippen molar-refractivity contribution in [1.82, 2.24) is 9.88 Å². The molecule has 8 heteroatoms. The van der Waals surface area contributed by atoms with Gasteiger partial charge in [0.2, 0.25) is 11.8 Å². The topological polar surface area (TPSA) is 42.4 Å². The Morgan fingerprint density at radius 3 is 2.41 bits per heavy atom. The Morgan fingerprint density at radius 1 is 1.14 bits per heavy atom. The van der Waals surface area contributed by atoms with Gasteiger partial charge in [-0.05, 0) is 36.6 Å². The fourth-order valence-corrected chi connectivity index (χ4v) is 4.30. The third-order valence-corrected chi connectivity index (χ3v) is 6.00. The Morgan fingerprint density at radius 2 is 1.79 bits per heavy atom. The van der Waals surface area contributed by atoms with Gasteiger partial charge in [0.15, 0.2) is 0 Å². The summed E-state index contributed by atoms with van der Waals surface area (Å²) < 4.78 is 44.0. The van der Waals surface area contributed by atoms with Crippen LogP contribution in [0.25, 0.3) is 0 Å². The predicted molar refractivity (Wildman–Crippen MR) is 102 cm³/mol. The average Bonchev–Trinajstić information content (AvgIpc) is 3.15. The molecule has 0 spiro atoms. The number of likely N-dealkylation sites (tertiary alicyclic amines) is 1. The summed E-state index contributed by atoms with van der Waals surface area (Å²) in [4.78, 5) is 18.9. The molecule has 1 aliphatic heterocycles. The highest BCUT2D eigenvalue weighted by atomic mass is 35.5. The number of aromatic nitrogens is 1. The number of halogens is 4. The summed E-state index contributed by atoms with van der Waals surface area (Å²) in [6.07, 6.45) is -0.204. The van der Waals surface area contributed by atoms with Crippen LogP contribution in [0.4, 0.5) is 13.2 Å². The molecule has 0 bridgehead atoms. The van der Waals surface area contributed by atoms with Crippen molar-refractivity contribution in [3.8, 4) is 5.88 Å². The molecule has 154 valence electrons. The molecule has 4 rings (SSSR count). The molecule has 0 atom stereocenters. The second kappa shape index (κ2) is 7.52. The van der Waals surface area contributed by atoms with Crippen molar-refractivity contribution in [3.05, 3.63) is 58.7 Å². The molecule has 2 fully saturated rings. The zero-order chi connectivity index (χ0) is 20.6. The molecule has 1 aliphatic carbocycles. The van der Waals surface area contributed by atoms with E-state index in [-0.39, 0.29) is 17.9 Å². The average molecular weight is 425 g/mol. The number of ether oxygens (including phenoxy) is 1. The highest BCUT2D eigenvalue weighted by Gasteiger charge is 2.48. The molecule has 1 aromatic heterocycles. The lowest BCUT2D eigenvalue weighted by Crippen LogP contribution is -2.60. The van der Waals surface area contributed by atoms with E-state index in [0.29, 0.717) is 18.1 Å². The normalized spacial score (nSPS) is 19.1. The van der Waals surface area contributed by atoms with Crippen molar-refractivity contribution in [2.45, 2.75) is 43.4 Å². The molecule has 1 amide bonds. The van der Waals surface area contributed by atoms with Gasteiger partial charge in [-0.1, -0.05) is 36.6 Å². The van der Waals surface area contributed by atoms with Crippen LogP contribution in [0.15, 0.2) is 42.6 Å². The van der Waals surface area contributed by atoms with Crippen LogP contribution in [0.5, 0.6) is 5.88 Å². The van der Waals surface area contributed by atoms with Crippen molar-refractivity contribution in [3.63, 3.8) is 0 Å². The van der Waals surface area contributed by atoms with E-state index in [1.165, 1.54) is 0 Å². The van der Waals surface area contributed by atoms with E-state index in [2.05, 4.69) is 4.98 Å². The summed E-state index contributed by atoms with van der Waals surface area (Å²) in [6, 6.07) is 9.20. The highest BCUT2D eigenvalue weighted by Crippen LogP contribution is 2.43. The molecule has 1 aromatic carbocycles. The van der Waals surface area contributed by atoms with Gasteiger partial charge < -0.3 is 9.64 Å². The number of hydrogen-bond acceptors (Lipinski definition) is 3. The van der Waals surface area contributed by atoms with Gasteiger partial charge in [0.1, 0.15) is 6.10 Å². The quantitative estimate of drug-likeness (QED) is 0.704. The molecule has 1 saturated heterocycles. The number of alkyl halides is 3. The Hall–Kier alpha value is -2.28. The fraction of sp³-hybridized carbons (Fsp3) is 0.429. The molecule has 1 saturated carbocycles. The van der Waals surface area contributed by atoms with Crippen molar-refractivity contribution < 1.29 is 22.7 Å². The number of hydrogen-bond donors (Lipinski definition) is 0. The first-order chi connectivity index (χ1) is 13.8. The maximum atomic E-state index is 13.3. The first-order valence-electron chi connectivity index (χ1n) is 9.53. The number of benzene rings is 1. The van der Waals surface area contributed by atoms with Gasteiger partial charge in [-0.3, -0.25) is 4.79 Å². The molecular weight excluding hydrogens is 405 g/mol. The zero-order valence-corrected chi connectivity index (χ0v) is 16.3. The van der Waals surface area contributed by atoms with Crippen molar-refractivity contribution in [1.29, 1.82) is 0 Å². The fourth-order valence-electron chi connectivity index (χ4n) is 4.18. The van der Waals surface area contributed by atoms with Crippen LogP contribution in [0.1, 0.15) is 36.8 Å². The molecule has 2 aromatic rings. The molecule has 2 aliphatic rings. The lowest BCUT2D eigenvalue weighted by molar-refractivity contribution is -0.146. The first-order valence-corrected chi connectivity index (χ1v) is 9.91. The third kappa shape index (κ3) is 3.92. The minimum absolute atomic E-state index is 0.0502. The van der Waals surface area contributed by atoms with Crippen LogP contribution in [0.2, 0.25) is 5.02 Å². The molecule has 2 heterocycles. The van der Waals surface area contributed by atoms with E-state index in [4.69, 9.17) is 16.3 Å². The standard InChI is InChI=1S/C21H20ClF3N2O2/c22-16-5-3-14(4-6-16)20(8-1-2-9-20)19(28)27-12-17(13-27)29-18-11-15(7-10-26-18)21(23,24)25/h3-7,10-11,17H,1-2,8-9,12-13H2. The third-order valence-electron chi connectivity index (χ3n) is 5.75. The van der Waals surface area contributed by atoms with Crippen LogP contribution < -0.4 is 4.74 Å². The number of rotatable bonds is 4. The Kier molecular flexibility index (Phi) is 5.19. The lowest BCUT2D eigenvalue weighted by Gasteiger charge is -2.43. The maximum Gasteiger partial charge on any atom is 0.416 e. The van der Waals surface area contributed by atoms with Gasteiger partial charge in [-0.15, -0.1) is 0 Å². The minimum atomic E-state index is -4.45. The van der Waals surface area contributed by atoms with E-state index in [1.807, 2.05) is 12.1 Å². The van der Waals surface area contributed by atoms with Crippen LogP contribution in [0, 0.1) is 0 Å². The summed E-state index contributed by atoms with van der Waals surface area (Å²) in [5.41, 5.74) is -0.389. The molecular formula is C21H20ClF3N2O2. The summed E-state index contributed by atoms with van der Waals surface area (Å²) in [6.45, 7) is 0.679. The number of pyridine rings is 1. The lowest BCUT2D eigenvalue weighted by atomic mass is 9.77. The van der Waals surface area contributed by atoms with E-state index >= 15 is 0 Å². The Bertz CT molecular complexity index is 890. The molecule has 29 heavy (non-hydrogen) atoms. The van der Waals surface area contributed by atoms with Crippen LogP contribution in [0.3, 0.4) is 0 Å². The number of amides is 1. The SMILES string of the molecule is O=C(N1CC(Oc2cc(C(F)(F)F)ccn2)C1)C1(c2ccc(Cl)cc2)CCCC1. The van der Waals surface area contributed by atoms with Crippen LogP contribution in [-0.4, -0.2) is 35.0 Å². The highest BCUT2D eigenvalue weighted by molar-refractivity contribution is 6.30. The van der Waals surface area contributed by atoms with E-state index in [9.17, 15) is 18.0 Å². The second-order valence-corrected chi connectivity index (χ2v) is 8.06. The van der Waals surface area contributed by atoms with Crippen molar-refractivity contribution in [2.75, 3.05) is 13.1 Å². The van der Waals surface area contributed by atoms with E-state index < -0.39 is 17.2 Å². The Labute approximate surface area is 171 Å². The molecule has 0 N–H and O–H groups in total. The van der Waals surface area contributed by atoms with Crippen LogP contribution >= 0.6 is 11.6 Å². The van der Waals surface area contributed by atoms with Gasteiger partial charge >= 0.3 is 6.18 Å². The molecule has 4 nitrogen and oxygen atoms in total. The van der Waals surface area contributed by atoms with Gasteiger partial charge in [0.05, 0.1) is 24.1 Å². The summed E-state index contributed by atoms with van der Waals surface area (Å²) in [7, 11) is 0. The van der Waals surface area contributed by atoms with Crippen molar-refractivity contribution in [2.24, 2.45) is 0 Å². The van der Waals surface area contributed by atoms with E-state index in [0.717, 1.165) is 49.6 Å². The number of nitrogens with zero attached hydrogens (tertiary/aromatic N) is 2. The van der Waals surface area contributed by atoms with Gasteiger partial charge in [0.25, 0.3) is 0 Å². The monoisotopic (exact) mass is 424 g/mol. The summed E-state index contributed by atoms with van der Waals surface area (Å²) >= 11 is 5.99. The van der Waals surface area contributed by atoms with Crippen molar-refractivity contribution >= 4 is 17.5 Å². The largest absolute Gasteiger partial charge is 0.471 e. The minimum Gasteiger partial charge on any atom is -0.471 e. The second-order valence-electron chi connectivity index (χ2n) is 7.63.